The van der Waals surface area contributed by atoms with Crippen LogP contribution in [0, 0.1) is 0 Å². The van der Waals surface area contributed by atoms with E-state index in [1.807, 2.05) is 13.0 Å². The molecule has 0 aliphatic carbocycles. The number of ether oxygens (including phenoxy) is 1. The molecule has 0 amide bonds. The quantitative estimate of drug-likeness (QED) is 0.664. The fourth-order valence-corrected chi connectivity index (χ4v) is 4.66. The van der Waals surface area contributed by atoms with Crippen molar-refractivity contribution >= 4 is 39.0 Å². The Bertz CT molecular complexity index is 1040. The summed E-state index contributed by atoms with van der Waals surface area (Å²) >= 11 is 5.83. The molecule has 1 aliphatic heterocycles. The molecule has 2 aromatic rings. The molecule has 1 saturated heterocycles. The van der Waals surface area contributed by atoms with Gasteiger partial charge in [0.2, 0.25) is 0 Å². The highest BCUT2D eigenvalue weighted by atomic mass is 35.5. The third-order valence-electron chi connectivity index (χ3n) is 4.84. The lowest BCUT2D eigenvalue weighted by Crippen LogP contribution is -2.44. The molecule has 162 valence electrons. The first-order valence-electron chi connectivity index (χ1n) is 9.47. The molecule has 3 rings (SSSR count). The third kappa shape index (κ3) is 4.97. The standard InChI is InChI=1S/C20H24ClN3O5S/c1-3-29-18-13-15(24-10-8-23(2)9-11-24)5-6-17(18)22-30(27,28)19-7-4-14(21)12-16(19)20(25)26/h4-7,12-13,22H,3,8-11H2,1-2H3,(H,25,26). The van der Waals surface area contributed by atoms with E-state index in [1.54, 1.807) is 12.1 Å². The van der Waals surface area contributed by atoms with E-state index in [9.17, 15) is 18.3 Å². The second-order valence-corrected chi connectivity index (χ2v) is 9.04. The maximum absolute atomic E-state index is 12.9. The highest BCUT2D eigenvalue weighted by molar-refractivity contribution is 7.92. The Hall–Kier alpha value is -2.49. The van der Waals surface area contributed by atoms with Crippen molar-refractivity contribution in [3.05, 3.63) is 47.0 Å². The van der Waals surface area contributed by atoms with E-state index in [0.717, 1.165) is 37.9 Å². The molecular formula is C20H24ClN3O5S. The number of hydrogen-bond donors (Lipinski definition) is 2. The SMILES string of the molecule is CCOc1cc(N2CCN(C)CC2)ccc1NS(=O)(=O)c1ccc(Cl)cc1C(=O)O. The zero-order chi connectivity index (χ0) is 21.9. The number of carboxylic acid groups (broad SMARTS) is 1. The van der Waals surface area contributed by atoms with E-state index in [-0.39, 0.29) is 15.6 Å². The van der Waals surface area contributed by atoms with Crippen LogP contribution in [0.25, 0.3) is 0 Å². The van der Waals surface area contributed by atoms with Gasteiger partial charge in [0, 0.05) is 43.0 Å². The number of carbonyl (C=O) groups is 1. The Labute approximate surface area is 181 Å². The van der Waals surface area contributed by atoms with Gasteiger partial charge in [-0.3, -0.25) is 4.72 Å². The number of nitrogens with one attached hydrogen (secondary N) is 1. The van der Waals surface area contributed by atoms with Gasteiger partial charge in [0.1, 0.15) is 10.6 Å². The summed E-state index contributed by atoms with van der Waals surface area (Å²) in [6.45, 7) is 5.75. The average molecular weight is 454 g/mol. The van der Waals surface area contributed by atoms with Crippen LogP contribution in [0.5, 0.6) is 5.75 Å². The van der Waals surface area contributed by atoms with Gasteiger partial charge < -0.3 is 19.6 Å². The Morgan fingerprint density at radius 2 is 1.87 bits per heavy atom. The Morgan fingerprint density at radius 1 is 1.17 bits per heavy atom. The summed E-state index contributed by atoms with van der Waals surface area (Å²) in [7, 11) is -2.11. The van der Waals surface area contributed by atoms with E-state index < -0.39 is 21.6 Å². The Morgan fingerprint density at radius 3 is 2.50 bits per heavy atom. The molecule has 1 fully saturated rings. The average Bonchev–Trinajstić information content (AvgIpc) is 2.69. The minimum atomic E-state index is -4.18. The smallest absolute Gasteiger partial charge is 0.337 e. The van der Waals surface area contributed by atoms with E-state index in [1.165, 1.54) is 12.1 Å². The van der Waals surface area contributed by atoms with Crippen molar-refractivity contribution in [3.8, 4) is 5.75 Å². The monoisotopic (exact) mass is 453 g/mol. The number of benzene rings is 2. The second-order valence-electron chi connectivity index (χ2n) is 6.95. The van der Waals surface area contributed by atoms with Gasteiger partial charge in [-0.2, -0.15) is 0 Å². The van der Waals surface area contributed by atoms with Gasteiger partial charge >= 0.3 is 5.97 Å². The van der Waals surface area contributed by atoms with Crippen LogP contribution in [0.4, 0.5) is 11.4 Å². The van der Waals surface area contributed by atoms with Crippen LogP contribution in [0.15, 0.2) is 41.3 Å². The summed E-state index contributed by atoms with van der Waals surface area (Å²) in [5.74, 6) is -1.00. The molecule has 0 atom stereocenters. The molecule has 0 saturated carbocycles. The first-order valence-corrected chi connectivity index (χ1v) is 11.3. The number of anilines is 2. The van der Waals surface area contributed by atoms with Crippen LogP contribution in [0.1, 0.15) is 17.3 Å². The highest BCUT2D eigenvalue weighted by Gasteiger charge is 2.24. The lowest BCUT2D eigenvalue weighted by Gasteiger charge is -2.34. The van der Waals surface area contributed by atoms with Crippen LogP contribution in [-0.2, 0) is 10.0 Å². The first-order chi connectivity index (χ1) is 14.2. The number of piperazine rings is 1. The van der Waals surface area contributed by atoms with Crippen LogP contribution >= 0.6 is 11.6 Å². The Kier molecular flexibility index (Phi) is 6.74. The summed E-state index contributed by atoms with van der Waals surface area (Å²) in [4.78, 5) is 15.6. The molecule has 0 unspecified atom stereocenters. The minimum absolute atomic E-state index is 0.137. The maximum Gasteiger partial charge on any atom is 0.337 e. The van der Waals surface area contributed by atoms with Crippen molar-refractivity contribution in [1.82, 2.24) is 4.90 Å². The fourth-order valence-electron chi connectivity index (χ4n) is 3.24. The summed E-state index contributed by atoms with van der Waals surface area (Å²) in [6.07, 6.45) is 0. The van der Waals surface area contributed by atoms with Crippen LogP contribution in [-0.4, -0.2) is 64.2 Å². The summed E-state index contributed by atoms with van der Waals surface area (Å²) in [5, 5.41) is 9.51. The molecular weight excluding hydrogens is 430 g/mol. The zero-order valence-electron chi connectivity index (χ0n) is 16.8. The van der Waals surface area contributed by atoms with E-state index >= 15 is 0 Å². The number of likely N-dealkylation sites (N-methyl/N-ethyl adjacent to an activating group) is 1. The summed E-state index contributed by atoms with van der Waals surface area (Å²) < 4.78 is 34.0. The van der Waals surface area contributed by atoms with Gasteiger partial charge in [-0.1, -0.05) is 11.6 Å². The first kappa shape index (κ1) is 22.2. The number of sulfonamides is 1. The van der Waals surface area contributed by atoms with E-state index in [4.69, 9.17) is 16.3 Å². The largest absolute Gasteiger partial charge is 0.492 e. The predicted octanol–water partition coefficient (Wildman–Crippen LogP) is 2.99. The molecule has 1 aliphatic rings. The molecule has 30 heavy (non-hydrogen) atoms. The van der Waals surface area contributed by atoms with Crippen molar-refractivity contribution < 1.29 is 23.1 Å². The molecule has 0 bridgehead atoms. The van der Waals surface area contributed by atoms with Gasteiger partial charge in [-0.05, 0) is 44.3 Å². The normalized spacial score (nSPS) is 15.1. The maximum atomic E-state index is 12.9. The second kappa shape index (κ2) is 9.11. The Balaban J connectivity index is 1.93. The van der Waals surface area contributed by atoms with Crippen molar-refractivity contribution in [2.24, 2.45) is 0 Å². The number of rotatable bonds is 7. The minimum Gasteiger partial charge on any atom is -0.492 e. The lowest BCUT2D eigenvalue weighted by molar-refractivity contribution is 0.0692. The summed E-state index contributed by atoms with van der Waals surface area (Å²) in [5.41, 5.74) is 0.773. The van der Waals surface area contributed by atoms with Crippen molar-refractivity contribution in [2.75, 3.05) is 49.5 Å². The van der Waals surface area contributed by atoms with Gasteiger partial charge in [-0.15, -0.1) is 0 Å². The number of nitrogens with zero attached hydrogens (tertiary/aromatic N) is 2. The third-order valence-corrected chi connectivity index (χ3v) is 6.50. The van der Waals surface area contributed by atoms with Crippen molar-refractivity contribution in [2.45, 2.75) is 11.8 Å². The van der Waals surface area contributed by atoms with Gasteiger partial charge in [0.15, 0.2) is 0 Å². The van der Waals surface area contributed by atoms with Crippen LogP contribution < -0.4 is 14.4 Å². The number of aromatic carboxylic acids is 1. The number of halogens is 1. The highest BCUT2D eigenvalue weighted by Crippen LogP contribution is 2.33. The molecule has 2 N–H and O–H groups in total. The van der Waals surface area contributed by atoms with Crippen molar-refractivity contribution in [3.63, 3.8) is 0 Å². The predicted molar refractivity (Wildman–Crippen MR) is 117 cm³/mol. The molecule has 0 spiro atoms. The van der Waals surface area contributed by atoms with E-state index in [0.29, 0.717) is 12.4 Å². The van der Waals surface area contributed by atoms with Gasteiger partial charge in [0.25, 0.3) is 10.0 Å². The van der Waals surface area contributed by atoms with Gasteiger partial charge in [-0.25, -0.2) is 13.2 Å². The zero-order valence-corrected chi connectivity index (χ0v) is 18.3. The summed E-state index contributed by atoms with van der Waals surface area (Å²) in [6, 6.07) is 8.87. The van der Waals surface area contributed by atoms with Gasteiger partial charge in [0.05, 0.1) is 17.9 Å². The molecule has 0 aromatic heterocycles. The molecule has 2 aromatic carbocycles. The molecule has 8 nitrogen and oxygen atoms in total. The topological polar surface area (TPSA) is 99.2 Å². The van der Waals surface area contributed by atoms with Crippen LogP contribution in [0.2, 0.25) is 5.02 Å². The molecule has 0 radical (unpaired) electrons. The number of carboxylic acids is 1. The fraction of sp³-hybridized carbons (Fsp3) is 0.350. The van der Waals surface area contributed by atoms with E-state index in [2.05, 4.69) is 21.6 Å². The molecule has 1 heterocycles. The van der Waals surface area contributed by atoms with Crippen molar-refractivity contribution in [1.29, 1.82) is 0 Å². The number of hydrogen-bond acceptors (Lipinski definition) is 6. The molecule has 10 heteroatoms. The lowest BCUT2D eigenvalue weighted by atomic mass is 10.2. The van der Waals surface area contributed by atoms with Crippen LogP contribution in [0.3, 0.4) is 0 Å².